The molecule has 2 N–H and O–H groups in total. The van der Waals surface area contributed by atoms with Gasteiger partial charge in [-0.1, -0.05) is 12.1 Å². The van der Waals surface area contributed by atoms with E-state index in [1.807, 2.05) is 48.5 Å². The van der Waals surface area contributed by atoms with E-state index in [0.29, 0.717) is 55.4 Å². The van der Waals surface area contributed by atoms with Gasteiger partial charge in [0.25, 0.3) is 11.8 Å². The maximum absolute atomic E-state index is 13.1. The highest BCUT2D eigenvalue weighted by Crippen LogP contribution is 2.31. The van der Waals surface area contributed by atoms with E-state index in [1.54, 1.807) is 41.0 Å². The van der Waals surface area contributed by atoms with E-state index in [0.717, 1.165) is 11.1 Å². The number of hydrogen-bond donors (Lipinski definition) is 2. The molecule has 3 aromatic rings. The zero-order valence-electron chi connectivity index (χ0n) is 20.4. The molecule has 0 spiro atoms. The van der Waals surface area contributed by atoms with Crippen LogP contribution in [0.1, 0.15) is 33.7 Å². The van der Waals surface area contributed by atoms with Crippen molar-refractivity contribution in [3.8, 4) is 22.6 Å². The molecule has 2 aromatic carbocycles. The predicted octanol–water partition coefficient (Wildman–Crippen LogP) is 2.80. The molecule has 0 unspecified atom stereocenters. The number of rotatable bonds is 6. The van der Waals surface area contributed by atoms with E-state index >= 15 is 0 Å². The van der Waals surface area contributed by atoms with E-state index in [1.165, 1.54) is 0 Å². The second-order valence-electron chi connectivity index (χ2n) is 9.28. The molecule has 2 amide bonds. The molecule has 5 rings (SSSR count). The number of amides is 2. The maximum Gasteiger partial charge on any atom is 0.273 e. The van der Waals surface area contributed by atoms with E-state index < -0.39 is 5.60 Å². The first kappa shape index (κ1) is 23.7. The SMILES string of the molecule is COc1cc(OC)cc(-c2ccc(C(=O)N3CCC(O)(CN4CNn5cccc5C4=O)CC3)cc2)c1. The molecule has 3 heterocycles. The molecule has 1 aromatic heterocycles. The van der Waals surface area contributed by atoms with Crippen molar-refractivity contribution in [2.75, 3.05) is 45.9 Å². The molecular formula is C27H30N4O5. The Bertz CT molecular complexity index is 1240. The second-order valence-corrected chi connectivity index (χ2v) is 9.28. The number of carbonyl (C=O) groups is 2. The van der Waals surface area contributed by atoms with Crippen molar-refractivity contribution in [3.05, 3.63) is 72.1 Å². The lowest BCUT2D eigenvalue weighted by atomic mass is 9.90. The summed E-state index contributed by atoms with van der Waals surface area (Å²) in [6.07, 6.45) is 2.61. The fourth-order valence-electron chi connectivity index (χ4n) is 4.82. The van der Waals surface area contributed by atoms with Crippen LogP contribution in [0.2, 0.25) is 0 Å². The minimum absolute atomic E-state index is 0.0691. The highest BCUT2D eigenvalue weighted by atomic mass is 16.5. The zero-order valence-corrected chi connectivity index (χ0v) is 20.4. The van der Waals surface area contributed by atoms with Crippen molar-refractivity contribution in [2.45, 2.75) is 18.4 Å². The average Bonchev–Trinajstić information content (AvgIpc) is 3.40. The van der Waals surface area contributed by atoms with Crippen LogP contribution in [0.5, 0.6) is 11.5 Å². The van der Waals surface area contributed by atoms with Gasteiger partial charge in [-0.05, 0) is 60.4 Å². The number of carbonyl (C=O) groups excluding carboxylic acids is 2. The van der Waals surface area contributed by atoms with Crippen LogP contribution >= 0.6 is 0 Å². The number of nitrogens with one attached hydrogen (secondary N) is 1. The molecule has 2 aliphatic heterocycles. The lowest BCUT2D eigenvalue weighted by molar-refractivity contribution is -0.0369. The van der Waals surface area contributed by atoms with Crippen LogP contribution in [0.4, 0.5) is 0 Å². The van der Waals surface area contributed by atoms with Gasteiger partial charge in [-0.15, -0.1) is 0 Å². The number of β-amino-alcohol motifs (C(OH)–C–C–N with tert-alkyl or cyclic N) is 1. The Kier molecular flexibility index (Phi) is 6.32. The fraction of sp³-hybridized carbons (Fsp3) is 0.333. The van der Waals surface area contributed by atoms with Gasteiger partial charge in [-0.3, -0.25) is 14.3 Å². The summed E-state index contributed by atoms with van der Waals surface area (Å²) in [5.74, 6) is 1.21. The van der Waals surface area contributed by atoms with Gasteiger partial charge in [-0.2, -0.15) is 0 Å². The van der Waals surface area contributed by atoms with Crippen molar-refractivity contribution >= 4 is 11.8 Å². The number of methoxy groups -OCH3 is 2. The molecule has 1 saturated heterocycles. The minimum atomic E-state index is -1.03. The number of aromatic nitrogens is 1. The zero-order chi connectivity index (χ0) is 25.3. The van der Waals surface area contributed by atoms with Crippen LogP contribution in [0, 0.1) is 0 Å². The summed E-state index contributed by atoms with van der Waals surface area (Å²) < 4.78 is 12.4. The van der Waals surface area contributed by atoms with Crippen LogP contribution in [-0.2, 0) is 0 Å². The van der Waals surface area contributed by atoms with Crippen molar-refractivity contribution in [2.24, 2.45) is 0 Å². The van der Waals surface area contributed by atoms with Gasteiger partial charge in [0.2, 0.25) is 0 Å². The van der Waals surface area contributed by atoms with Crippen LogP contribution in [-0.4, -0.2) is 77.5 Å². The number of ether oxygens (including phenoxy) is 2. The number of fused-ring (bicyclic) bond motifs is 1. The molecule has 0 atom stereocenters. The highest BCUT2D eigenvalue weighted by Gasteiger charge is 2.38. The predicted molar refractivity (Wildman–Crippen MR) is 135 cm³/mol. The number of likely N-dealkylation sites (tertiary alicyclic amines) is 1. The Morgan fingerprint density at radius 1 is 1.00 bits per heavy atom. The number of aliphatic hydroxyl groups is 1. The van der Waals surface area contributed by atoms with Gasteiger partial charge in [0.05, 0.1) is 26.4 Å². The van der Waals surface area contributed by atoms with Gasteiger partial charge < -0.3 is 29.8 Å². The summed E-state index contributed by atoms with van der Waals surface area (Å²) in [5, 5.41) is 11.2. The average molecular weight is 491 g/mol. The van der Waals surface area contributed by atoms with Crippen molar-refractivity contribution in [3.63, 3.8) is 0 Å². The highest BCUT2D eigenvalue weighted by molar-refractivity contribution is 5.95. The number of nitrogens with zero attached hydrogens (tertiary/aromatic N) is 3. The van der Waals surface area contributed by atoms with E-state index in [2.05, 4.69) is 5.43 Å². The van der Waals surface area contributed by atoms with E-state index in [9.17, 15) is 14.7 Å². The Balaban J connectivity index is 1.21. The summed E-state index contributed by atoms with van der Waals surface area (Å²) in [6.45, 7) is 1.41. The largest absolute Gasteiger partial charge is 0.497 e. The van der Waals surface area contributed by atoms with Crippen LogP contribution in [0.25, 0.3) is 11.1 Å². The molecular weight excluding hydrogens is 460 g/mol. The summed E-state index contributed by atoms with van der Waals surface area (Å²) >= 11 is 0. The van der Waals surface area contributed by atoms with Crippen molar-refractivity contribution in [1.82, 2.24) is 14.5 Å². The first-order chi connectivity index (χ1) is 17.4. The fourth-order valence-corrected chi connectivity index (χ4v) is 4.82. The van der Waals surface area contributed by atoms with Gasteiger partial charge >= 0.3 is 0 Å². The van der Waals surface area contributed by atoms with Crippen LogP contribution in [0.15, 0.2) is 60.8 Å². The third-order valence-corrected chi connectivity index (χ3v) is 6.97. The second kappa shape index (κ2) is 9.58. The maximum atomic E-state index is 13.1. The lowest BCUT2D eigenvalue weighted by Crippen LogP contribution is -2.56. The van der Waals surface area contributed by atoms with Crippen LogP contribution < -0.4 is 14.9 Å². The molecule has 1 fully saturated rings. The number of hydrogen-bond acceptors (Lipinski definition) is 6. The Hall–Kier alpha value is -3.98. The Morgan fingerprint density at radius 3 is 2.31 bits per heavy atom. The minimum Gasteiger partial charge on any atom is -0.497 e. The Labute approximate surface area is 209 Å². The Morgan fingerprint density at radius 2 is 1.67 bits per heavy atom. The molecule has 0 saturated carbocycles. The molecule has 0 radical (unpaired) electrons. The van der Waals surface area contributed by atoms with Crippen molar-refractivity contribution in [1.29, 1.82) is 0 Å². The standard InChI is InChI=1S/C27H30N4O5/c1-35-22-14-21(15-23(16-22)36-2)19-5-7-20(8-6-19)25(32)29-12-9-27(34,10-13-29)17-30-18-28-31-11-3-4-24(31)26(30)33/h3-8,11,14-16,28,34H,9-10,12-13,17-18H2,1-2H3. The smallest absolute Gasteiger partial charge is 0.273 e. The third kappa shape index (κ3) is 4.61. The molecule has 188 valence electrons. The third-order valence-electron chi connectivity index (χ3n) is 6.97. The van der Waals surface area contributed by atoms with Gasteiger partial charge in [0.15, 0.2) is 0 Å². The lowest BCUT2D eigenvalue weighted by Gasteiger charge is -2.42. The number of benzene rings is 2. The summed E-state index contributed by atoms with van der Waals surface area (Å²) in [6, 6.07) is 16.7. The first-order valence-electron chi connectivity index (χ1n) is 11.9. The normalized spacial score (nSPS) is 16.8. The van der Waals surface area contributed by atoms with Gasteiger partial charge in [0, 0.05) is 30.9 Å². The molecule has 2 aliphatic rings. The van der Waals surface area contributed by atoms with Gasteiger partial charge in [-0.25, -0.2) is 0 Å². The van der Waals surface area contributed by atoms with E-state index in [-0.39, 0.29) is 18.4 Å². The molecule has 9 nitrogen and oxygen atoms in total. The molecule has 9 heteroatoms. The number of piperidine rings is 1. The topological polar surface area (TPSA) is 96.3 Å². The monoisotopic (exact) mass is 490 g/mol. The first-order valence-corrected chi connectivity index (χ1v) is 11.9. The summed E-state index contributed by atoms with van der Waals surface area (Å²) in [7, 11) is 3.22. The molecule has 0 bridgehead atoms. The summed E-state index contributed by atoms with van der Waals surface area (Å²) in [4.78, 5) is 29.3. The quantitative estimate of drug-likeness (QED) is 0.552. The molecule has 0 aliphatic carbocycles. The van der Waals surface area contributed by atoms with Crippen LogP contribution in [0.3, 0.4) is 0 Å². The van der Waals surface area contributed by atoms with Gasteiger partial charge in [0.1, 0.15) is 23.9 Å². The van der Waals surface area contributed by atoms with Crippen molar-refractivity contribution < 1.29 is 24.2 Å². The van der Waals surface area contributed by atoms with E-state index in [4.69, 9.17) is 9.47 Å². The summed E-state index contributed by atoms with van der Waals surface area (Å²) in [5.41, 5.74) is 5.13. The molecule has 36 heavy (non-hydrogen) atoms.